The summed E-state index contributed by atoms with van der Waals surface area (Å²) in [6, 6.07) is 18.3. The summed E-state index contributed by atoms with van der Waals surface area (Å²) in [5, 5.41) is 17.4. The van der Waals surface area contributed by atoms with Gasteiger partial charge in [-0.1, -0.05) is 36.4 Å². The van der Waals surface area contributed by atoms with Gasteiger partial charge >= 0.3 is 0 Å². The number of nitriles is 2. The lowest BCUT2D eigenvalue weighted by Gasteiger charge is -2.21. The minimum atomic E-state index is -1.34. The molecule has 0 fully saturated rings. The van der Waals surface area contributed by atoms with Crippen LogP contribution in [0.1, 0.15) is 77.6 Å². The Morgan fingerprint density at radius 3 is 1.11 bits per heavy atom. The Hall–Kier alpha value is -5.76. The Morgan fingerprint density at radius 1 is 0.463 bits per heavy atom. The van der Waals surface area contributed by atoms with Gasteiger partial charge in [-0.25, -0.2) is 35.1 Å². The van der Waals surface area contributed by atoms with E-state index in [9.17, 15) is 44.7 Å². The van der Waals surface area contributed by atoms with E-state index in [2.05, 4.69) is 0 Å². The maximum atomic E-state index is 13.3. The highest BCUT2D eigenvalue weighted by Gasteiger charge is 2.34. The number of rotatable bonds is 6. The van der Waals surface area contributed by atoms with E-state index in [1.165, 1.54) is 77.9 Å². The van der Waals surface area contributed by atoms with Gasteiger partial charge in [0.05, 0.1) is 33.8 Å². The highest BCUT2D eigenvalue weighted by molar-refractivity contribution is 5.86. The molecule has 0 saturated carbocycles. The van der Waals surface area contributed by atoms with Gasteiger partial charge in [0.1, 0.15) is 23.3 Å². The second-order valence-electron chi connectivity index (χ2n) is 13.8. The maximum absolute atomic E-state index is 13.3. The van der Waals surface area contributed by atoms with Crippen LogP contribution in [-0.2, 0) is 31.2 Å². The lowest BCUT2D eigenvalue weighted by molar-refractivity contribution is -0.123. The molecule has 0 radical (unpaired) electrons. The number of benzene rings is 4. The number of primary amides is 2. The largest absolute Gasteiger partial charge is 0.369 e. The average molecular weight is 761 g/mol. The fraction of sp³-hybridized carbons (Fsp3) is 0.300. The third-order valence-corrected chi connectivity index (χ3v) is 8.22. The number of nitrogens with zero attached hydrogens (tertiary/aromatic N) is 2. The first-order valence-corrected chi connectivity index (χ1v) is 15.9. The lowest BCUT2D eigenvalue weighted by Crippen LogP contribution is -2.37. The van der Waals surface area contributed by atoms with Gasteiger partial charge in [-0.3, -0.25) is 9.59 Å². The third kappa shape index (κ3) is 11.1. The molecule has 0 aliphatic carbocycles. The van der Waals surface area contributed by atoms with Crippen LogP contribution in [0.3, 0.4) is 0 Å². The highest BCUT2D eigenvalue weighted by atomic mass is 19.2. The Balaban J connectivity index is 0.000000360. The molecule has 4 N–H and O–H groups in total. The molecule has 4 aromatic rings. The zero-order valence-corrected chi connectivity index (χ0v) is 30.8. The van der Waals surface area contributed by atoms with E-state index >= 15 is 0 Å². The maximum Gasteiger partial charge on any atom is 0.227 e. The zero-order chi connectivity index (χ0) is 42.0. The Morgan fingerprint density at radius 2 is 0.759 bits per heavy atom. The first kappa shape index (κ1) is 46.3. The van der Waals surface area contributed by atoms with Crippen LogP contribution in [-0.4, -0.2) is 11.8 Å². The zero-order valence-electron chi connectivity index (χ0n) is 30.8. The minimum Gasteiger partial charge on any atom is -0.369 e. The minimum absolute atomic E-state index is 0.0231. The third-order valence-electron chi connectivity index (χ3n) is 8.22. The van der Waals surface area contributed by atoms with Gasteiger partial charge in [0.25, 0.3) is 0 Å². The Kier molecular flexibility index (Phi) is 15.7. The quantitative estimate of drug-likeness (QED) is 0.190. The second-order valence-corrected chi connectivity index (χ2v) is 13.8. The van der Waals surface area contributed by atoms with Crippen LogP contribution in [0.15, 0.2) is 72.8 Å². The molecule has 0 heterocycles. The summed E-state index contributed by atoms with van der Waals surface area (Å²) in [4.78, 5) is 22.0. The van der Waals surface area contributed by atoms with Crippen molar-refractivity contribution in [2.45, 2.75) is 77.0 Å². The summed E-state index contributed by atoms with van der Waals surface area (Å²) in [6.45, 7) is 11.7. The molecular formula is C40H40F8N4O2. The highest BCUT2D eigenvalue weighted by Crippen LogP contribution is 2.30. The van der Waals surface area contributed by atoms with Crippen LogP contribution in [0.2, 0.25) is 0 Å². The molecule has 4 rings (SSSR count). The smallest absolute Gasteiger partial charge is 0.227 e. The molecule has 0 aliphatic heterocycles. The summed E-state index contributed by atoms with van der Waals surface area (Å²) >= 11 is 0. The summed E-state index contributed by atoms with van der Waals surface area (Å²) in [6.07, 6.45) is 0. The van der Waals surface area contributed by atoms with Crippen molar-refractivity contribution in [3.8, 4) is 12.1 Å². The molecule has 0 spiro atoms. The molecule has 4 aromatic carbocycles. The number of halogens is 8. The summed E-state index contributed by atoms with van der Waals surface area (Å²) in [7, 11) is 0. The van der Waals surface area contributed by atoms with E-state index in [1.54, 1.807) is 13.8 Å². The second kappa shape index (κ2) is 18.3. The fourth-order valence-electron chi connectivity index (χ4n) is 4.53. The molecule has 6 nitrogen and oxygen atoms in total. The van der Waals surface area contributed by atoms with E-state index in [0.29, 0.717) is 0 Å². The molecule has 0 unspecified atom stereocenters. The van der Waals surface area contributed by atoms with Gasteiger partial charge in [-0.05, 0) is 91.8 Å². The SMILES string of the molecule is CC(C)(C#N)c1c(F)cccc1F.CC(C)(C#N)c1cccc(F)c1F.CC(C)(C(N)=O)c1c(F)cccc1F.CC(C)(C(N)=O)c1cccc(F)c1F. The van der Waals surface area contributed by atoms with Crippen molar-refractivity contribution in [3.63, 3.8) is 0 Å². The molecular weight excluding hydrogens is 720 g/mol. The van der Waals surface area contributed by atoms with Crippen molar-refractivity contribution in [1.29, 1.82) is 10.5 Å². The van der Waals surface area contributed by atoms with Gasteiger partial charge in [0, 0.05) is 22.3 Å². The topological polar surface area (TPSA) is 134 Å². The number of amides is 2. The number of hydrogen-bond donors (Lipinski definition) is 2. The predicted molar refractivity (Wildman–Crippen MR) is 187 cm³/mol. The monoisotopic (exact) mass is 760 g/mol. The van der Waals surface area contributed by atoms with Crippen LogP contribution in [0.5, 0.6) is 0 Å². The molecule has 0 atom stereocenters. The predicted octanol–water partition coefficient (Wildman–Crippen LogP) is 8.99. The van der Waals surface area contributed by atoms with Crippen molar-refractivity contribution in [1.82, 2.24) is 0 Å². The van der Waals surface area contributed by atoms with E-state index in [4.69, 9.17) is 22.0 Å². The van der Waals surface area contributed by atoms with E-state index in [1.807, 2.05) is 12.1 Å². The lowest BCUT2D eigenvalue weighted by atomic mass is 9.83. The average Bonchev–Trinajstić information content (AvgIpc) is 3.07. The fourth-order valence-corrected chi connectivity index (χ4v) is 4.53. The van der Waals surface area contributed by atoms with E-state index in [0.717, 1.165) is 36.4 Å². The van der Waals surface area contributed by atoms with Gasteiger partial charge < -0.3 is 11.5 Å². The van der Waals surface area contributed by atoms with Crippen LogP contribution >= 0.6 is 0 Å². The van der Waals surface area contributed by atoms with E-state index < -0.39 is 80.0 Å². The molecule has 14 heteroatoms. The molecule has 54 heavy (non-hydrogen) atoms. The van der Waals surface area contributed by atoms with Crippen LogP contribution in [0, 0.1) is 69.2 Å². The Bertz CT molecular complexity index is 2030. The van der Waals surface area contributed by atoms with E-state index in [-0.39, 0.29) is 22.3 Å². The van der Waals surface area contributed by atoms with Crippen molar-refractivity contribution >= 4 is 11.8 Å². The number of nitrogens with two attached hydrogens (primary N) is 2. The first-order valence-electron chi connectivity index (χ1n) is 15.9. The molecule has 0 bridgehead atoms. The van der Waals surface area contributed by atoms with Crippen molar-refractivity contribution in [2.75, 3.05) is 0 Å². The number of carbonyl (C=O) groups is 2. The summed E-state index contributed by atoms with van der Waals surface area (Å²) in [5.41, 5.74) is 5.11. The van der Waals surface area contributed by atoms with Gasteiger partial charge in [0.15, 0.2) is 23.3 Å². The molecule has 0 aliphatic rings. The van der Waals surface area contributed by atoms with Crippen LogP contribution < -0.4 is 11.5 Å². The number of hydrogen-bond acceptors (Lipinski definition) is 4. The molecule has 2 amide bonds. The van der Waals surface area contributed by atoms with Gasteiger partial charge in [-0.2, -0.15) is 10.5 Å². The van der Waals surface area contributed by atoms with Crippen molar-refractivity contribution in [3.05, 3.63) is 142 Å². The van der Waals surface area contributed by atoms with Gasteiger partial charge in [0.2, 0.25) is 11.8 Å². The summed E-state index contributed by atoms with van der Waals surface area (Å²) < 4.78 is 105. The molecule has 0 saturated heterocycles. The summed E-state index contributed by atoms with van der Waals surface area (Å²) in [5.74, 6) is -8.16. The molecule has 288 valence electrons. The van der Waals surface area contributed by atoms with Crippen molar-refractivity contribution in [2.24, 2.45) is 11.5 Å². The first-order chi connectivity index (χ1) is 24.7. The van der Waals surface area contributed by atoms with Crippen LogP contribution in [0.25, 0.3) is 0 Å². The Labute approximate surface area is 309 Å². The normalized spacial score (nSPS) is 11.2. The van der Waals surface area contributed by atoms with Crippen LogP contribution in [0.4, 0.5) is 35.1 Å². The standard InChI is InChI=1S/2C10H11F2NO.2C10H9F2N/c1-10(2,9(13)14)8-6(11)4-3-5-7(8)12;1-10(2,9(13)14)6-4-3-5-7(11)8(6)12;1-10(2,6-13)9-7(11)4-3-5-8(9)12;1-10(2,6-13)7-4-3-5-8(11)9(7)12/h2*3-5H,1-2H3,(H2,13,14);2*3-5H,1-2H3. The van der Waals surface area contributed by atoms with Gasteiger partial charge in [-0.15, -0.1) is 0 Å². The number of carbonyl (C=O) groups excluding carboxylic acids is 2. The molecule has 0 aromatic heterocycles. The van der Waals surface area contributed by atoms with Crippen molar-refractivity contribution < 1.29 is 44.7 Å².